The normalized spacial score (nSPS) is 12.8. The molecular formula is C24H31BrN4O7S. The van der Waals surface area contributed by atoms with Gasteiger partial charge in [-0.15, -0.1) is 0 Å². The van der Waals surface area contributed by atoms with Gasteiger partial charge in [0.2, 0.25) is 21.8 Å². The molecule has 0 radical (unpaired) electrons. The lowest BCUT2D eigenvalue weighted by molar-refractivity contribution is -0.384. The molecule has 2 rings (SSSR count). The van der Waals surface area contributed by atoms with Crippen LogP contribution in [0.25, 0.3) is 0 Å². The zero-order valence-electron chi connectivity index (χ0n) is 21.3. The van der Waals surface area contributed by atoms with E-state index in [1.165, 1.54) is 24.1 Å². The largest absolute Gasteiger partial charge is 0.495 e. The summed E-state index contributed by atoms with van der Waals surface area (Å²) in [4.78, 5) is 38.5. The number of nitrogens with zero attached hydrogens (tertiary/aromatic N) is 3. The lowest BCUT2D eigenvalue weighted by Gasteiger charge is -2.32. The summed E-state index contributed by atoms with van der Waals surface area (Å²) in [6.45, 7) is 4.64. The van der Waals surface area contributed by atoms with E-state index in [2.05, 4.69) is 21.2 Å². The second kappa shape index (κ2) is 12.9. The van der Waals surface area contributed by atoms with Crippen molar-refractivity contribution in [1.29, 1.82) is 0 Å². The average molecular weight is 600 g/mol. The number of benzene rings is 2. The Morgan fingerprint density at radius 3 is 2.41 bits per heavy atom. The molecule has 0 aliphatic carbocycles. The number of anilines is 1. The fraction of sp³-hybridized carbons (Fsp3) is 0.417. The summed E-state index contributed by atoms with van der Waals surface area (Å²) in [5, 5.41) is 14.2. The van der Waals surface area contributed by atoms with E-state index in [4.69, 9.17) is 4.74 Å². The third-order valence-corrected chi connectivity index (χ3v) is 7.35. The summed E-state index contributed by atoms with van der Waals surface area (Å²) >= 11 is 3.39. The number of halogens is 1. The molecule has 0 aromatic heterocycles. The van der Waals surface area contributed by atoms with Gasteiger partial charge in [-0.1, -0.05) is 35.0 Å². The van der Waals surface area contributed by atoms with E-state index >= 15 is 0 Å². The number of nitrogens with one attached hydrogen (secondary N) is 1. The molecule has 2 amide bonds. The average Bonchev–Trinajstić information content (AvgIpc) is 2.83. The summed E-state index contributed by atoms with van der Waals surface area (Å²) in [5.41, 5.74) is 0.181. The van der Waals surface area contributed by atoms with Crippen LogP contribution in [0, 0.1) is 10.1 Å². The van der Waals surface area contributed by atoms with Crippen molar-refractivity contribution in [3.63, 3.8) is 0 Å². The van der Waals surface area contributed by atoms with Crippen molar-refractivity contribution in [2.24, 2.45) is 0 Å². The summed E-state index contributed by atoms with van der Waals surface area (Å²) in [6, 6.07) is 9.57. The summed E-state index contributed by atoms with van der Waals surface area (Å²) < 4.78 is 32.3. The summed E-state index contributed by atoms with van der Waals surface area (Å²) in [5.74, 6) is -1.03. The van der Waals surface area contributed by atoms with Crippen molar-refractivity contribution < 1.29 is 27.7 Å². The maximum Gasteiger partial charge on any atom is 0.271 e. The molecule has 37 heavy (non-hydrogen) atoms. The topological polar surface area (TPSA) is 139 Å². The number of hydrogen-bond donors (Lipinski definition) is 1. The van der Waals surface area contributed by atoms with Crippen molar-refractivity contribution in [2.75, 3.05) is 24.2 Å². The molecular weight excluding hydrogens is 568 g/mol. The highest BCUT2D eigenvalue weighted by Crippen LogP contribution is 2.34. The van der Waals surface area contributed by atoms with E-state index in [0.717, 1.165) is 21.1 Å². The number of methoxy groups -OCH3 is 1. The van der Waals surface area contributed by atoms with Gasteiger partial charge in [-0.2, -0.15) is 0 Å². The Morgan fingerprint density at radius 1 is 1.19 bits per heavy atom. The van der Waals surface area contributed by atoms with Crippen LogP contribution in [-0.2, 0) is 26.2 Å². The van der Waals surface area contributed by atoms with Gasteiger partial charge in [0.05, 0.1) is 18.3 Å². The molecule has 2 aromatic rings. The SMILES string of the molecule is CC[C@@H](C)NC(=O)[C@H](C)N(Cc1cccc(Br)c1)C(=O)CN(c1cc([N+](=O)[O-])ccc1OC)S(C)(=O)=O. The van der Waals surface area contributed by atoms with E-state index in [1.54, 1.807) is 25.1 Å². The number of amides is 2. The van der Waals surface area contributed by atoms with E-state index < -0.39 is 39.3 Å². The van der Waals surface area contributed by atoms with E-state index in [9.17, 15) is 28.1 Å². The van der Waals surface area contributed by atoms with Crippen LogP contribution in [-0.4, -0.2) is 62.0 Å². The Kier molecular flexibility index (Phi) is 10.4. The van der Waals surface area contributed by atoms with Crippen LogP contribution in [0.15, 0.2) is 46.9 Å². The quantitative estimate of drug-likeness (QED) is 0.291. The van der Waals surface area contributed by atoms with Gasteiger partial charge in [0.25, 0.3) is 5.69 Å². The fourth-order valence-electron chi connectivity index (χ4n) is 3.46. The molecule has 0 saturated heterocycles. The molecule has 0 heterocycles. The molecule has 13 heteroatoms. The lowest BCUT2D eigenvalue weighted by Crippen LogP contribution is -2.52. The molecule has 2 atom stereocenters. The van der Waals surface area contributed by atoms with Crippen LogP contribution in [0.1, 0.15) is 32.8 Å². The van der Waals surface area contributed by atoms with Crippen molar-refractivity contribution in [3.05, 3.63) is 62.6 Å². The van der Waals surface area contributed by atoms with Crippen LogP contribution in [0.4, 0.5) is 11.4 Å². The first-order chi connectivity index (χ1) is 17.3. The van der Waals surface area contributed by atoms with Crippen LogP contribution in [0.5, 0.6) is 5.75 Å². The number of nitro benzene ring substituents is 1. The van der Waals surface area contributed by atoms with Gasteiger partial charge in [0, 0.05) is 29.2 Å². The van der Waals surface area contributed by atoms with Crippen molar-refractivity contribution >= 4 is 49.1 Å². The van der Waals surface area contributed by atoms with E-state index in [1.807, 2.05) is 19.9 Å². The Bertz CT molecular complexity index is 1260. The second-order valence-electron chi connectivity index (χ2n) is 8.53. The fourth-order valence-corrected chi connectivity index (χ4v) is 4.75. The minimum absolute atomic E-state index is 0.0248. The predicted molar refractivity (Wildman–Crippen MR) is 144 cm³/mol. The van der Waals surface area contributed by atoms with Crippen LogP contribution >= 0.6 is 15.9 Å². The molecule has 0 spiro atoms. The van der Waals surface area contributed by atoms with Gasteiger partial charge in [-0.05, 0) is 44.0 Å². The molecule has 1 N–H and O–H groups in total. The standard InChI is InChI=1S/C24H31BrN4O7S/c1-6-16(2)26-24(31)17(3)27(14-18-8-7-9-19(25)12-18)23(30)15-28(37(5,34)35)21-13-20(29(32)33)10-11-22(21)36-4/h7-13,16-17H,6,14-15H2,1-5H3,(H,26,31)/t16-,17+/m1/s1. The summed E-state index contributed by atoms with van der Waals surface area (Å²) in [7, 11) is -2.81. The zero-order valence-corrected chi connectivity index (χ0v) is 23.7. The number of rotatable bonds is 12. The minimum Gasteiger partial charge on any atom is -0.495 e. The maximum atomic E-state index is 13.6. The van der Waals surface area contributed by atoms with Crippen LogP contribution in [0.2, 0.25) is 0 Å². The molecule has 0 unspecified atom stereocenters. The highest BCUT2D eigenvalue weighted by molar-refractivity contribution is 9.10. The Balaban J connectivity index is 2.51. The monoisotopic (exact) mass is 598 g/mol. The van der Waals surface area contributed by atoms with Crippen molar-refractivity contribution in [1.82, 2.24) is 10.2 Å². The molecule has 0 bridgehead atoms. The van der Waals surface area contributed by atoms with Gasteiger partial charge in [0.15, 0.2) is 0 Å². The highest BCUT2D eigenvalue weighted by Gasteiger charge is 2.32. The van der Waals surface area contributed by atoms with Crippen molar-refractivity contribution in [2.45, 2.75) is 45.8 Å². The number of hydrogen-bond acceptors (Lipinski definition) is 7. The second-order valence-corrected chi connectivity index (χ2v) is 11.4. The molecule has 2 aromatic carbocycles. The number of sulfonamides is 1. The van der Waals surface area contributed by atoms with Gasteiger partial charge in [0.1, 0.15) is 24.0 Å². The number of ether oxygens (including phenoxy) is 1. The molecule has 0 saturated carbocycles. The molecule has 0 fully saturated rings. The molecule has 0 aliphatic rings. The lowest BCUT2D eigenvalue weighted by atomic mass is 10.1. The van der Waals surface area contributed by atoms with Gasteiger partial charge < -0.3 is 15.0 Å². The Hall–Kier alpha value is -3.19. The number of carbonyl (C=O) groups excluding carboxylic acids is 2. The van der Waals surface area contributed by atoms with Crippen LogP contribution < -0.4 is 14.4 Å². The molecule has 11 nitrogen and oxygen atoms in total. The Labute approximate surface area is 225 Å². The third kappa shape index (κ3) is 8.15. The molecule has 202 valence electrons. The summed E-state index contributed by atoms with van der Waals surface area (Å²) in [6.07, 6.45) is 1.57. The van der Waals surface area contributed by atoms with Crippen LogP contribution in [0.3, 0.4) is 0 Å². The number of non-ortho nitro benzene ring substituents is 1. The third-order valence-electron chi connectivity index (χ3n) is 5.73. The highest BCUT2D eigenvalue weighted by atomic mass is 79.9. The van der Waals surface area contributed by atoms with Crippen molar-refractivity contribution in [3.8, 4) is 5.75 Å². The first kappa shape index (κ1) is 30.0. The molecule has 0 aliphatic heterocycles. The van der Waals surface area contributed by atoms with Gasteiger partial charge >= 0.3 is 0 Å². The van der Waals surface area contributed by atoms with Gasteiger partial charge in [-0.25, -0.2) is 8.42 Å². The Morgan fingerprint density at radius 2 is 1.86 bits per heavy atom. The van der Waals surface area contributed by atoms with Gasteiger partial charge in [-0.3, -0.25) is 24.0 Å². The van der Waals surface area contributed by atoms with E-state index in [-0.39, 0.29) is 29.7 Å². The maximum absolute atomic E-state index is 13.6. The first-order valence-electron chi connectivity index (χ1n) is 11.4. The number of carbonyl (C=O) groups is 2. The number of nitro groups is 1. The smallest absolute Gasteiger partial charge is 0.271 e. The minimum atomic E-state index is -4.09. The first-order valence-corrected chi connectivity index (χ1v) is 14.1. The van der Waals surface area contributed by atoms with E-state index in [0.29, 0.717) is 12.0 Å². The predicted octanol–water partition coefficient (Wildman–Crippen LogP) is 3.46. The zero-order chi connectivity index (χ0) is 27.9.